The largest absolute Gasteiger partial charge is 0.198 e. The van der Waals surface area contributed by atoms with Gasteiger partial charge in [-0.05, 0) is 74.5 Å². The molecule has 0 aromatic heterocycles. The van der Waals surface area contributed by atoms with Crippen LogP contribution in [-0.4, -0.2) is 0 Å². The number of hydrogen-bond donors (Lipinski definition) is 0. The first-order valence-electron chi connectivity index (χ1n) is 7.70. The second-order valence-electron chi connectivity index (χ2n) is 7.49. The molecule has 0 heterocycles. The Labute approximate surface area is 105 Å². The van der Waals surface area contributed by atoms with Gasteiger partial charge in [-0.2, -0.15) is 5.26 Å². The summed E-state index contributed by atoms with van der Waals surface area (Å²) < 4.78 is 0. The van der Waals surface area contributed by atoms with Crippen molar-refractivity contribution in [2.75, 3.05) is 0 Å². The normalized spacial score (nSPS) is 55.4. The van der Waals surface area contributed by atoms with Gasteiger partial charge in [-0.3, -0.25) is 0 Å². The number of hydrogen-bond acceptors (Lipinski definition) is 1. The van der Waals surface area contributed by atoms with Gasteiger partial charge < -0.3 is 0 Å². The SMILES string of the molecule is N#CC1(CC2CC3CCC2C3)CC2CCC1C2. The standard InChI is InChI=1S/C16H23N/c17-10-16(8-12-2-4-15(16)7-12)9-14-6-11-1-3-13(14)5-11/h11-15H,1-9H2. The van der Waals surface area contributed by atoms with E-state index in [0.717, 1.165) is 29.6 Å². The minimum Gasteiger partial charge on any atom is -0.198 e. The van der Waals surface area contributed by atoms with Gasteiger partial charge >= 0.3 is 0 Å². The molecular formula is C16H23N. The quantitative estimate of drug-likeness (QED) is 0.698. The molecule has 0 aromatic rings. The molecule has 0 amide bonds. The summed E-state index contributed by atoms with van der Waals surface area (Å²) in [5.41, 5.74) is 0.123. The molecule has 4 aliphatic carbocycles. The van der Waals surface area contributed by atoms with Gasteiger partial charge in [0.15, 0.2) is 0 Å². The molecule has 4 bridgehead atoms. The maximum absolute atomic E-state index is 9.72. The van der Waals surface area contributed by atoms with Crippen molar-refractivity contribution in [1.29, 1.82) is 5.26 Å². The van der Waals surface area contributed by atoms with Crippen molar-refractivity contribution in [3.8, 4) is 6.07 Å². The molecular weight excluding hydrogens is 206 g/mol. The smallest absolute Gasteiger partial charge is 0.0692 e. The van der Waals surface area contributed by atoms with Gasteiger partial charge in [0.25, 0.3) is 0 Å². The molecule has 92 valence electrons. The number of rotatable bonds is 2. The molecule has 4 saturated carbocycles. The third kappa shape index (κ3) is 1.42. The molecule has 6 unspecified atom stereocenters. The van der Waals surface area contributed by atoms with Crippen LogP contribution in [0.4, 0.5) is 0 Å². The summed E-state index contributed by atoms with van der Waals surface area (Å²) in [6.07, 6.45) is 12.6. The third-order valence-corrected chi connectivity index (χ3v) is 6.71. The maximum atomic E-state index is 9.72. The van der Waals surface area contributed by atoms with Crippen molar-refractivity contribution in [3.05, 3.63) is 0 Å². The predicted molar refractivity (Wildman–Crippen MR) is 67.0 cm³/mol. The van der Waals surface area contributed by atoms with E-state index in [0.29, 0.717) is 0 Å². The molecule has 0 spiro atoms. The van der Waals surface area contributed by atoms with Crippen LogP contribution in [0.2, 0.25) is 0 Å². The monoisotopic (exact) mass is 229 g/mol. The predicted octanol–water partition coefficient (Wildman–Crippen LogP) is 4.14. The summed E-state index contributed by atoms with van der Waals surface area (Å²) in [5.74, 6) is 4.66. The molecule has 1 nitrogen and oxygen atoms in total. The molecule has 0 N–H and O–H groups in total. The first-order valence-corrected chi connectivity index (χ1v) is 7.70. The van der Waals surface area contributed by atoms with Gasteiger partial charge in [-0.25, -0.2) is 0 Å². The van der Waals surface area contributed by atoms with Crippen LogP contribution >= 0.6 is 0 Å². The fourth-order valence-electron chi connectivity index (χ4n) is 5.97. The summed E-state index contributed by atoms with van der Waals surface area (Å²) in [6.45, 7) is 0. The highest BCUT2D eigenvalue weighted by Crippen LogP contribution is 2.61. The van der Waals surface area contributed by atoms with E-state index < -0.39 is 0 Å². The molecule has 1 heteroatoms. The molecule has 4 rings (SSSR count). The van der Waals surface area contributed by atoms with E-state index in [2.05, 4.69) is 6.07 Å². The lowest BCUT2D eigenvalue weighted by Crippen LogP contribution is -2.30. The van der Waals surface area contributed by atoms with Crippen LogP contribution in [0, 0.1) is 46.3 Å². The van der Waals surface area contributed by atoms with Crippen molar-refractivity contribution in [2.45, 2.75) is 57.8 Å². The molecule has 4 aliphatic rings. The first kappa shape index (κ1) is 10.4. The van der Waals surface area contributed by atoms with Crippen molar-refractivity contribution in [1.82, 2.24) is 0 Å². The summed E-state index contributed by atoms with van der Waals surface area (Å²) >= 11 is 0. The molecule has 4 fully saturated rings. The number of nitriles is 1. The van der Waals surface area contributed by atoms with Crippen LogP contribution in [0.25, 0.3) is 0 Å². The summed E-state index contributed by atoms with van der Waals surface area (Å²) in [7, 11) is 0. The van der Waals surface area contributed by atoms with Crippen molar-refractivity contribution >= 4 is 0 Å². The Bertz CT molecular complexity index is 368. The van der Waals surface area contributed by atoms with Crippen LogP contribution in [0.1, 0.15) is 57.8 Å². The van der Waals surface area contributed by atoms with Crippen LogP contribution in [0.3, 0.4) is 0 Å². The fourth-order valence-corrected chi connectivity index (χ4v) is 5.97. The van der Waals surface area contributed by atoms with Gasteiger partial charge in [-0.15, -0.1) is 0 Å². The van der Waals surface area contributed by atoms with Crippen LogP contribution in [0.15, 0.2) is 0 Å². The third-order valence-electron chi connectivity index (χ3n) is 6.71. The van der Waals surface area contributed by atoms with E-state index in [-0.39, 0.29) is 5.41 Å². The average molecular weight is 229 g/mol. The fraction of sp³-hybridized carbons (Fsp3) is 0.938. The maximum Gasteiger partial charge on any atom is 0.0692 e. The van der Waals surface area contributed by atoms with E-state index >= 15 is 0 Å². The highest BCUT2D eigenvalue weighted by molar-refractivity contribution is 5.13. The average Bonchev–Trinajstić information content (AvgIpc) is 3.08. The van der Waals surface area contributed by atoms with Gasteiger partial charge in [0.2, 0.25) is 0 Å². The molecule has 0 aliphatic heterocycles. The summed E-state index contributed by atoms with van der Waals surface area (Å²) in [6, 6.07) is 2.80. The second-order valence-corrected chi connectivity index (χ2v) is 7.49. The molecule has 0 radical (unpaired) electrons. The lowest BCUT2D eigenvalue weighted by molar-refractivity contribution is 0.156. The highest BCUT2D eigenvalue weighted by Gasteiger charge is 2.54. The molecule has 0 saturated heterocycles. The first-order chi connectivity index (χ1) is 8.29. The van der Waals surface area contributed by atoms with Gasteiger partial charge in [0, 0.05) is 0 Å². The van der Waals surface area contributed by atoms with Crippen LogP contribution < -0.4 is 0 Å². The van der Waals surface area contributed by atoms with Gasteiger partial charge in [0.1, 0.15) is 0 Å². The number of nitrogens with zero attached hydrogens (tertiary/aromatic N) is 1. The zero-order valence-corrected chi connectivity index (χ0v) is 10.7. The lowest BCUT2D eigenvalue weighted by atomic mass is 9.66. The van der Waals surface area contributed by atoms with Crippen molar-refractivity contribution in [2.24, 2.45) is 35.0 Å². The van der Waals surface area contributed by atoms with E-state index in [1.807, 2.05) is 0 Å². The Hall–Kier alpha value is -0.510. The minimum atomic E-state index is 0.123. The minimum absolute atomic E-state index is 0.123. The van der Waals surface area contributed by atoms with Crippen molar-refractivity contribution in [3.63, 3.8) is 0 Å². The molecule has 0 aromatic carbocycles. The number of fused-ring (bicyclic) bond motifs is 4. The second kappa shape index (κ2) is 3.50. The zero-order valence-electron chi connectivity index (χ0n) is 10.7. The van der Waals surface area contributed by atoms with Crippen LogP contribution in [-0.2, 0) is 0 Å². The van der Waals surface area contributed by atoms with E-state index in [1.54, 1.807) is 0 Å². The van der Waals surface area contributed by atoms with Crippen LogP contribution in [0.5, 0.6) is 0 Å². The zero-order chi connectivity index (χ0) is 11.5. The Kier molecular flexibility index (Phi) is 2.14. The Morgan fingerprint density at radius 2 is 1.88 bits per heavy atom. The van der Waals surface area contributed by atoms with E-state index in [1.165, 1.54) is 57.8 Å². The van der Waals surface area contributed by atoms with E-state index in [4.69, 9.17) is 0 Å². The Balaban J connectivity index is 1.52. The lowest BCUT2D eigenvalue weighted by Gasteiger charge is -2.35. The molecule has 17 heavy (non-hydrogen) atoms. The molecule has 6 atom stereocenters. The highest BCUT2D eigenvalue weighted by atomic mass is 14.6. The van der Waals surface area contributed by atoms with Gasteiger partial charge in [0.05, 0.1) is 11.5 Å². The summed E-state index contributed by atoms with van der Waals surface area (Å²) in [5, 5.41) is 9.72. The van der Waals surface area contributed by atoms with Gasteiger partial charge in [-0.1, -0.05) is 12.8 Å². The topological polar surface area (TPSA) is 23.8 Å². The Morgan fingerprint density at radius 1 is 1.00 bits per heavy atom. The Morgan fingerprint density at radius 3 is 2.41 bits per heavy atom. The summed E-state index contributed by atoms with van der Waals surface area (Å²) in [4.78, 5) is 0. The van der Waals surface area contributed by atoms with Crippen molar-refractivity contribution < 1.29 is 0 Å². The van der Waals surface area contributed by atoms with E-state index in [9.17, 15) is 5.26 Å².